The SMILES string of the molecule is Cc1ccc(OCCN(C)C(=O)c2cc(=O)c3ccccc3o2)cc1. The van der Waals surface area contributed by atoms with Crippen LogP contribution in [0.4, 0.5) is 0 Å². The zero-order valence-electron chi connectivity index (χ0n) is 14.2. The molecule has 1 amide bonds. The van der Waals surface area contributed by atoms with Crippen LogP contribution in [0.5, 0.6) is 5.75 Å². The molecule has 3 rings (SSSR count). The standard InChI is InChI=1S/C20H19NO4/c1-14-7-9-15(10-8-14)24-12-11-21(2)20(23)19-13-17(22)16-5-3-4-6-18(16)25-19/h3-10,13H,11-12H2,1-2H3. The molecule has 5 nitrogen and oxygen atoms in total. The van der Waals surface area contributed by atoms with Crippen molar-refractivity contribution >= 4 is 16.9 Å². The summed E-state index contributed by atoms with van der Waals surface area (Å²) in [6.07, 6.45) is 0. The van der Waals surface area contributed by atoms with E-state index in [1.165, 1.54) is 11.0 Å². The van der Waals surface area contributed by atoms with Gasteiger partial charge in [0.15, 0.2) is 11.2 Å². The number of likely N-dealkylation sites (N-methyl/N-ethyl adjacent to an activating group) is 1. The van der Waals surface area contributed by atoms with Gasteiger partial charge in [-0.15, -0.1) is 0 Å². The maximum absolute atomic E-state index is 12.5. The van der Waals surface area contributed by atoms with Crippen molar-refractivity contribution in [2.75, 3.05) is 20.2 Å². The largest absolute Gasteiger partial charge is 0.492 e. The van der Waals surface area contributed by atoms with Crippen LogP contribution in [0.2, 0.25) is 0 Å². The maximum atomic E-state index is 12.5. The van der Waals surface area contributed by atoms with E-state index in [0.717, 1.165) is 11.3 Å². The molecular weight excluding hydrogens is 318 g/mol. The van der Waals surface area contributed by atoms with E-state index in [-0.39, 0.29) is 17.1 Å². The summed E-state index contributed by atoms with van der Waals surface area (Å²) < 4.78 is 11.2. The zero-order valence-corrected chi connectivity index (χ0v) is 14.2. The Morgan fingerprint density at radius 1 is 1.12 bits per heavy atom. The Morgan fingerprint density at radius 2 is 1.84 bits per heavy atom. The number of rotatable bonds is 5. The third-order valence-corrected chi connectivity index (χ3v) is 3.91. The Morgan fingerprint density at radius 3 is 2.60 bits per heavy atom. The Hall–Kier alpha value is -3.08. The highest BCUT2D eigenvalue weighted by molar-refractivity contribution is 5.93. The van der Waals surface area contributed by atoms with Crippen molar-refractivity contribution in [2.45, 2.75) is 6.92 Å². The van der Waals surface area contributed by atoms with Gasteiger partial charge >= 0.3 is 0 Å². The number of nitrogens with zero attached hydrogens (tertiary/aromatic N) is 1. The maximum Gasteiger partial charge on any atom is 0.289 e. The first-order valence-electron chi connectivity index (χ1n) is 8.02. The highest BCUT2D eigenvalue weighted by Gasteiger charge is 2.16. The first kappa shape index (κ1) is 16.8. The summed E-state index contributed by atoms with van der Waals surface area (Å²) in [4.78, 5) is 26.0. The monoisotopic (exact) mass is 337 g/mol. The highest BCUT2D eigenvalue weighted by atomic mass is 16.5. The third kappa shape index (κ3) is 3.88. The molecule has 25 heavy (non-hydrogen) atoms. The third-order valence-electron chi connectivity index (χ3n) is 3.91. The molecular formula is C20H19NO4. The summed E-state index contributed by atoms with van der Waals surface area (Å²) >= 11 is 0. The molecule has 0 aliphatic heterocycles. The van der Waals surface area contributed by atoms with Crippen molar-refractivity contribution in [3.8, 4) is 5.75 Å². The number of fused-ring (bicyclic) bond motifs is 1. The van der Waals surface area contributed by atoms with Crippen LogP contribution >= 0.6 is 0 Å². The van der Waals surface area contributed by atoms with Gasteiger partial charge < -0.3 is 14.1 Å². The van der Waals surface area contributed by atoms with Crippen LogP contribution in [0.1, 0.15) is 16.1 Å². The summed E-state index contributed by atoms with van der Waals surface area (Å²) in [7, 11) is 1.65. The summed E-state index contributed by atoms with van der Waals surface area (Å²) in [5.41, 5.74) is 1.34. The first-order valence-corrected chi connectivity index (χ1v) is 8.02. The van der Waals surface area contributed by atoms with Crippen LogP contribution < -0.4 is 10.2 Å². The lowest BCUT2D eigenvalue weighted by molar-refractivity contribution is 0.0743. The van der Waals surface area contributed by atoms with Crippen LogP contribution in [-0.4, -0.2) is 31.0 Å². The zero-order chi connectivity index (χ0) is 17.8. The number of amides is 1. The Bertz CT molecular complexity index is 944. The molecule has 5 heteroatoms. The van der Waals surface area contributed by atoms with Crippen molar-refractivity contribution in [2.24, 2.45) is 0 Å². The van der Waals surface area contributed by atoms with E-state index in [0.29, 0.717) is 24.1 Å². The van der Waals surface area contributed by atoms with E-state index >= 15 is 0 Å². The van der Waals surface area contributed by atoms with Crippen molar-refractivity contribution in [3.63, 3.8) is 0 Å². The van der Waals surface area contributed by atoms with E-state index in [4.69, 9.17) is 9.15 Å². The van der Waals surface area contributed by atoms with Gasteiger partial charge in [0.25, 0.3) is 5.91 Å². The number of benzene rings is 2. The van der Waals surface area contributed by atoms with E-state index in [2.05, 4.69) is 0 Å². The lowest BCUT2D eigenvalue weighted by Crippen LogP contribution is -2.31. The fourth-order valence-corrected chi connectivity index (χ4v) is 2.43. The van der Waals surface area contributed by atoms with E-state index in [1.807, 2.05) is 31.2 Å². The summed E-state index contributed by atoms with van der Waals surface area (Å²) in [6, 6.07) is 15.8. The molecule has 0 aliphatic carbocycles. The van der Waals surface area contributed by atoms with Crippen molar-refractivity contribution < 1.29 is 13.9 Å². The summed E-state index contributed by atoms with van der Waals surface area (Å²) in [6.45, 7) is 2.74. The molecule has 3 aromatic rings. The molecule has 128 valence electrons. The van der Waals surface area contributed by atoms with Crippen molar-refractivity contribution in [3.05, 3.63) is 76.1 Å². The van der Waals surface area contributed by atoms with Gasteiger partial charge in [-0.1, -0.05) is 29.8 Å². The molecule has 0 saturated heterocycles. The molecule has 0 fully saturated rings. The molecule has 1 aromatic heterocycles. The Kier molecular flexibility index (Phi) is 4.84. The summed E-state index contributed by atoms with van der Waals surface area (Å²) in [5, 5.41) is 0.462. The van der Waals surface area contributed by atoms with Gasteiger partial charge in [0.05, 0.1) is 11.9 Å². The molecule has 0 saturated carbocycles. The number of para-hydroxylation sites is 1. The van der Waals surface area contributed by atoms with Gasteiger partial charge in [-0.25, -0.2) is 0 Å². The predicted octanol–water partition coefficient (Wildman–Crippen LogP) is 3.25. The number of carbonyl (C=O) groups excluding carboxylic acids is 1. The smallest absolute Gasteiger partial charge is 0.289 e. The van der Waals surface area contributed by atoms with Gasteiger partial charge in [-0.05, 0) is 31.2 Å². The lowest BCUT2D eigenvalue weighted by atomic mass is 10.2. The quantitative estimate of drug-likeness (QED) is 0.717. The van der Waals surface area contributed by atoms with Gasteiger partial charge in [-0.2, -0.15) is 0 Å². The fourth-order valence-electron chi connectivity index (χ4n) is 2.43. The molecule has 0 spiro atoms. The number of hydrogen-bond acceptors (Lipinski definition) is 4. The van der Waals surface area contributed by atoms with Gasteiger partial charge in [-0.3, -0.25) is 9.59 Å². The normalized spacial score (nSPS) is 10.6. The minimum absolute atomic E-state index is 0.0292. The average Bonchev–Trinajstić information content (AvgIpc) is 2.62. The van der Waals surface area contributed by atoms with Crippen LogP contribution in [0.15, 0.2) is 63.8 Å². The van der Waals surface area contributed by atoms with Crippen LogP contribution in [0, 0.1) is 6.92 Å². The number of carbonyl (C=O) groups is 1. The molecule has 0 radical (unpaired) electrons. The topological polar surface area (TPSA) is 59.8 Å². The minimum Gasteiger partial charge on any atom is -0.492 e. The lowest BCUT2D eigenvalue weighted by Gasteiger charge is -2.17. The summed E-state index contributed by atoms with van der Waals surface area (Å²) in [5.74, 6) is 0.431. The van der Waals surface area contributed by atoms with Crippen LogP contribution in [-0.2, 0) is 0 Å². The van der Waals surface area contributed by atoms with Crippen molar-refractivity contribution in [1.29, 1.82) is 0 Å². The van der Waals surface area contributed by atoms with Crippen LogP contribution in [0.3, 0.4) is 0 Å². The van der Waals surface area contributed by atoms with E-state index in [9.17, 15) is 9.59 Å². The molecule has 2 aromatic carbocycles. The molecule has 0 unspecified atom stereocenters. The Labute approximate surface area is 145 Å². The van der Waals surface area contributed by atoms with Gasteiger partial charge in [0, 0.05) is 13.1 Å². The van der Waals surface area contributed by atoms with E-state index < -0.39 is 0 Å². The number of aryl methyl sites for hydroxylation is 1. The molecule has 0 atom stereocenters. The van der Waals surface area contributed by atoms with Gasteiger partial charge in [0.1, 0.15) is 17.9 Å². The van der Waals surface area contributed by atoms with Crippen LogP contribution in [0.25, 0.3) is 11.0 Å². The molecule has 0 bridgehead atoms. The van der Waals surface area contributed by atoms with Crippen molar-refractivity contribution in [1.82, 2.24) is 4.90 Å². The molecule has 0 aliphatic rings. The Balaban J connectivity index is 1.66. The highest BCUT2D eigenvalue weighted by Crippen LogP contribution is 2.14. The van der Waals surface area contributed by atoms with E-state index in [1.54, 1.807) is 31.3 Å². The fraction of sp³-hybridized carbons (Fsp3) is 0.200. The second-order valence-electron chi connectivity index (χ2n) is 5.86. The second kappa shape index (κ2) is 7.21. The first-order chi connectivity index (χ1) is 12.0. The molecule has 0 N–H and O–H groups in total. The minimum atomic E-state index is -0.352. The molecule has 1 heterocycles. The predicted molar refractivity (Wildman–Crippen MR) is 96.1 cm³/mol. The average molecular weight is 337 g/mol. The van der Waals surface area contributed by atoms with Gasteiger partial charge in [0.2, 0.25) is 0 Å². The second-order valence-corrected chi connectivity index (χ2v) is 5.86. The number of ether oxygens (including phenoxy) is 1. The number of hydrogen-bond donors (Lipinski definition) is 0.